The van der Waals surface area contributed by atoms with Crippen molar-refractivity contribution in [3.63, 3.8) is 0 Å². The van der Waals surface area contributed by atoms with Crippen LogP contribution in [0.15, 0.2) is 48.5 Å². The Hall–Kier alpha value is -2.34. The van der Waals surface area contributed by atoms with Crippen molar-refractivity contribution in [3.8, 4) is 0 Å². The van der Waals surface area contributed by atoms with E-state index in [0.717, 1.165) is 28.5 Å². The number of hydrogen-bond acceptors (Lipinski definition) is 3. The lowest BCUT2D eigenvalue weighted by molar-refractivity contribution is 0.0687. The first-order chi connectivity index (χ1) is 12.8. The Balaban J connectivity index is 1.63. The topological polar surface area (TPSA) is 74.5 Å². The molecule has 3 N–H and O–H groups in total. The van der Waals surface area contributed by atoms with Gasteiger partial charge in [-0.1, -0.05) is 29.8 Å². The number of aromatic nitrogens is 1. The number of nitrogens with zero attached hydrogens (tertiary/aromatic N) is 1. The Morgan fingerprint density at radius 2 is 2.00 bits per heavy atom. The van der Waals surface area contributed by atoms with E-state index < -0.39 is 12.1 Å². The standard InChI is InChI=1S/C21H23ClN2O3/c1-13(23-12-20(25)15-4-3-5-17(22)10-15)8-14-6-7-18-16(9-14)11-19(21(26)27)24(18)2/h3-7,9-11,13,20,23,25H,8,12H2,1-2H3,(H,26,27)/t13?,20-/m0/s1. The number of nitrogens with one attached hydrogen (secondary N) is 1. The van der Waals surface area contributed by atoms with E-state index in [1.54, 1.807) is 29.8 Å². The first-order valence-electron chi connectivity index (χ1n) is 8.83. The molecule has 0 radical (unpaired) electrons. The van der Waals surface area contributed by atoms with Gasteiger partial charge in [0.15, 0.2) is 0 Å². The van der Waals surface area contributed by atoms with E-state index in [1.807, 2.05) is 30.3 Å². The molecular formula is C21H23ClN2O3. The zero-order valence-corrected chi connectivity index (χ0v) is 16.1. The molecule has 0 aliphatic heterocycles. The highest BCUT2D eigenvalue weighted by Gasteiger charge is 2.14. The van der Waals surface area contributed by atoms with Gasteiger partial charge >= 0.3 is 5.97 Å². The zero-order valence-electron chi connectivity index (χ0n) is 15.3. The highest BCUT2D eigenvalue weighted by atomic mass is 35.5. The van der Waals surface area contributed by atoms with Gasteiger partial charge in [-0.2, -0.15) is 0 Å². The Kier molecular flexibility index (Phi) is 5.85. The fraction of sp³-hybridized carbons (Fsp3) is 0.286. The molecule has 0 aliphatic rings. The molecule has 0 saturated carbocycles. The second kappa shape index (κ2) is 8.13. The van der Waals surface area contributed by atoms with Crippen LogP contribution in [0, 0.1) is 0 Å². The molecule has 1 unspecified atom stereocenters. The molecule has 0 bridgehead atoms. The molecule has 0 aliphatic carbocycles. The van der Waals surface area contributed by atoms with Crippen LogP contribution in [0.3, 0.4) is 0 Å². The van der Waals surface area contributed by atoms with E-state index in [0.29, 0.717) is 11.6 Å². The molecule has 0 amide bonds. The average molecular weight is 387 g/mol. The predicted molar refractivity (Wildman–Crippen MR) is 107 cm³/mol. The molecule has 0 fully saturated rings. The molecule has 3 aromatic rings. The monoisotopic (exact) mass is 386 g/mol. The highest BCUT2D eigenvalue weighted by Crippen LogP contribution is 2.21. The van der Waals surface area contributed by atoms with E-state index in [1.165, 1.54) is 0 Å². The molecule has 5 nitrogen and oxygen atoms in total. The van der Waals surface area contributed by atoms with Gasteiger partial charge in [0.1, 0.15) is 5.69 Å². The molecule has 2 atom stereocenters. The predicted octanol–water partition coefficient (Wildman–Crippen LogP) is 3.78. The number of aliphatic hydroxyl groups excluding tert-OH is 1. The van der Waals surface area contributed by atoms with Crippen LogP contribution >= 0.6 is 11.6 Å². The lowest BCUT2D eigenvalue weighted by Crippen LogP contribution is -2.32. The summed E-state index contributed by atoms with van der Waals surface area (Å²) in [4.78, 5) is 11.3. The van der Waals surface area contributed by atoms with Gasteiger partial charge in [-0.3, -0.25) is 0 Å². The second-order valence-corrected chi connectivity index (χ2v) is 7.31. The van der Waals surface area contributed by atoms with Crippen molar-refractivity contribution in [1.29, 1.82) is 0 Å². The summed E-state index contributed by atoms with van der Waals surface area (Å²) < 4.78 is 1.68. The third-order valence-corrected chi connectivity index (χ3v) is 5.00. The normalized spacial score (nSPS) is 13.6. The van der Waals surface area contributed by atoms with Crippen LogP contribution in [0.4, 0.5) is 0 Å². The van der Waals surface area contributed by atoms with E-state index in [2.05, 4.69) is 12.2 Å². The maximum absolute atomic E-state index is 11.3. The van der Waals surface area contributed by atoms with Gasteiger partial charge in [0.05, 0.1) is 6.10 Å². The lowest BCUT2D eigenvalue weighted by atomic mass is 10.0. The number of carbonyl (C=O) groups is 1. The van der Waals surface area contributed by atoms with E-state index in [9.17, 15) is 15.0 Å². The van der Waals surface area contributed by atoms with Gasteiger partial charge < -0.3 is 20.1 Å². The number of benzene rings is 2. The largest absolute Gasteiger partial charge is 0.477 e. The third kappa shape index (κ3) is 4.50. The Labute approximate surface area is 163 Å². The third-order valence-electron chi connectivity index (χ3n) is 4.76. The van der Waals surface area contributed by atoms with E-state index >= 15 is 0 Å². The number of rotatable bonds is 7. The fourth-order valence-corrected chi connectivity index (χ4v) is 3.50. The molecule has 0 saturated heterocycles. The van der Waals surface area contributed by atoms with Crippen molar-refractivity contribution in [3.05, 3.63) is 70.4 Å². The molecule has 1 heterocycles. The maximum Gasteiger partial charge on any atom is 0.352 e. The second-order valence-electron chi connectivity index (χ2n) is 6.87. The SMILES string of the molecule is CC(Cc1ccc2c(c1)cc(C(=O)O)n2C)NC[C@H](O)c1cccc(Cl)c1. The van der Waals surface area contributed by atoms with Gasteiger partial charge in [0.25, 0.3) is 0 Å². The average Bonchev–Trinajstić information content (AvgIpc) is 2.96. The molecule has 1 aromatic heterocycles. The van der Waals surface area contributed by atoms with Crippen LogP contribution in [0.25, 0.3) is 10.9 Å². The number of carboxylic acids is 1. The summed E-state index contributed by atoms with van der Waals surface area (Å²) in [5.41, 5.74) is 3.07. The van der Waals surface area contributed by atoms with Crippen molar-refractivity contribution in [2.75, 3.05) is 6.54 Å². The zero-order chi connectivity index (χ0) is 19.6. The van der Waals surface area contributed by atoms with Gasteiger partial charge in [-0.05, 0) is 54.8 Å². The lowest BCUT2D eigenvalue weighted by Gasteiger charge is -2.18. The fourth-order valence-electron chi connectivity index (χ4n) is 3.30. The molecule has 2 aromatic carbocycles. The summed E-state index contributed by atoms with van der Waals surface area (Å²) in [6.45, 7) is 2.49. The van der Waals surface area contributed by atoms with Gasteiger partial charge in [-0.25, -0.2) is 4.79 Å². The Morgan fingerprint density at radius 1 is 1.22 bits per heavy atom. The summed E-state index contributed by atoms with van der Waals surface area (Å²) in [7, 11) is 1.76. The van der Waals surface area contributed by atoms with Crippen LogP contribution in [0.5, 0.6) is 0 Å². The number of aliphatic hydroxyl groups is 1. The smallest absolute Gasteiger partial charge is 0.352 e. The van der Waals surface area contributed by atoms with Crippen LogP contribution < -0.4 is 5.32 Å². The number of hydrogen-bond donors (Lipinski definition) is 3. The minimum atomic E-state index is -0.930. The first-order valence-corrected chi connectivity index (χ1v) is 9.21. The van der Waals surface area contributed by atoms with Gasteiger partial charge in [0.2, 0.25) is 0 Å². The number of aromatic carboxylic acids is 1. The summed E-state index contributed by atoms with van der Waals surface area (Å²) >= 11 is 5.97. The summed E-state index contributed by atoms with van der Waals surface area (Å²) in [6, 6.07) is 15.1. The van der Waals surface area contributed by atoms with Crippen LogP contribution in [-0.2, 0) is 13.5 Å². The van der Waals surface area contributed by atoms with Crippen molar-refractivity contribution in [1.82, 2.24) is 9.88 Å². The molecule has 27 heavy (non-hydrogen) atoms. The van der Waals surface area contributed by atoms with Crippen molar-refractivity contribution < 1.29 is 15.0 Å². The number of fused-ring (bicyclic) bond motifs is 1. The number of carboxylic acid groups (broad SMARTS) is 1. The first kappa shape index (κ1) is 19.4. The number of aryl methyl sites for hydroxylation is 1. The Bertz CT molecular complexity index is 967. The molecule has 3 rings (SSSR count). The van der Waals surface area contributed by atoms with Gasteiger partial charge in [-0.15, -0.1) is 0 Å². The summed E-state index contributed by atoms with van der Waals surface area (Å²) in [5, 5.41) is 24.4. The van der Waals surface area contributed by atoms with Crippen LogP contribution in [0.1, 0.15) is 34.6 Å². The van der Waals surface area contributed by atoms with Crippen LogP contribution in [0.2, 0.25) is 5.02 Å². The Morgan fingerprint density at radius 3 is 2.70 bits per heavy atom. The van der Waals surface area contributed by atoms with Crippen LogP contribution in [-0.4, -0.2) is 33.3 Å². The highest BCUT2D eigenvalue weighted by molar-refractivity contribution is 6.30. The van der Waals surface area contributed by atoms with Gasteiger partial charge in [0, 0.05) is 35.6 Å². The minimum Gasteiger partial charge on any atom is -0.477 e. The maximum atomic E-state index is 11.3. The van der Waals surface area contributed by atoms with Crippen molar-refractivity contribution in [2.45, 2.75) is 25.5 Å². The van der Waals surface area contributed by atoms with E-state index in [4.69, 9.17) is 11.6 Å². The van der Waals surface area contributed by atoms with Crippen molar-refractivity contribution >= 4 is 28.5 Å². The summed E-state index contributed by atoms with van der Waals surface area (Å²) in [5.74, 6) is -0.930. The number of halogens is 1. The molecule has 6 heteroatoms. The van der Waals surface area contributed by atoms with Crippen molar-refractivity contribution in [2.24, 2.45) is 7.05 Å². The molecular weight excluding hydrogens is 364 g/mol. The quantitative estimate of drug-likeness (QED) is 0.577. The van der Waals surface area contributed by atoms with E-state index in [-0.39, 0.29) is 11.7 Å². The minimum absolute atomic E-state index is 0.152. The molecule has 0 spiro atoms. The summed E-state index contributed by atoms with van der Waals surface area (Å²) in [6.07, 6.45) is 0.149. The molecule has 142 valence electrons.